The van der Waals surface area contributed by atoms with Crippen molar-refractivity contribution in [2.75, 3.05) is 6.54 Å². The van der Waals surface area contributed by atoms with Crippen molar-refractivity contribution in [1.82, 2.24) is 5.32 Å². The van der Waals surface area contributed by atoms with Crippen LogP contribution in [-0.2, 0) is 0 Å². The van der Waals surface area contributed by atoms with Crippen LogP contribution in [0.5, 0.6) is 0 Å². The summed E-state index contributed by atoms with van der Waals surface area (Å²) in [6.07, 6.45) is 4.70. The summed E-state index contributed by atoms with van der Waals surface area (Å²) in [6.45, 7) is 5.10. The fraction of sp³-hybridized carbons (Fsp3) is 0.533. The van der Waals surface area contributed by atoms with Crippen LogP contribution < -0.4 is 5.32 Å². The maximum absolute atomic E-state index is 12.0. The van der Waals surface area contributed by atoms with Crippen molar-refractivity contribution in [2.45, 2.75) is 39.5 Å². The Kier molecular flexibility index (Phi) is 7.47. The van der Waals surface area contributed by atoms with E-state index in [0.29, 0.717) is 16.5 Å². The maximum atomic E-state index is 12.0. The largest absolute Gasteiger partial charge is 0.352 e. The predicted octanol–water partition coefficient (Wildman–Crippen LogP) is 5.05. The fourth-order valence-electron chi connectivity index (χ4n) is 1.92. The molecule has 19 heavy (non-hydrogen) atoms. The van der Waals surface area contributed by atoms with Crippen molar-refractivity contribution in [3.63, 3.8) is 0 Å². The molecule has 2 nitrogen and oxygen atoms in total. The first-order valence-corrected chi connectivity index (χ1v) is 7.98. The zero-order chi connectivity index (χ0) is 14.3. The van der Waals surface area contributed by atoms with Gasteiger partial charge >= 0.3 is 0 Å². The van der Waals surface area contributed by atoms with Gasteiger partial charge in [-0.25, -0.2) is 0 Å². The molecular weight excluding hydrogens is 326 g/mol. The summed E-state index contributed by atoms with van der Waals surface area (Å²) in [5, 5.41) is 3.55. The van der Waals surface area contributed by atoms with Crippen molar-refractivity contribution >= 4 is 33.4 Å². The van der Waals surface area contributed by atoms with Crippen LogP contribution in [0.25, 0.3) is 0 Å². The second-order valence-electron chi connectivity index (χ2n) is 4.76. The van der Waals surface area contributed by atoms with Crippen LogP contribution in [0.2, 0.25) is 5.02 Å². The van der Waals surface area contributed by atoms with Crippen LogP contribution >= 0.6 is 27.5 Å². The molecule has 1 aromatic carbocycles. The van der Waals surface area contributed by atoms with E-state index in [9.17, 15) is 4.79 Å². The van der Waals surface area contributed by atoms with Gasteiger partial charge < -0.3 is 5.32 Å². The third-order valence-electron chi connectivity index (χ3n) is 3.28. The number of halogens is 2. The molecular formula is C15H21BrClNO. The number of benzene rings is 1. The van der Waals surface area contributed by atoms with E-state index < -0.39 is 0 Å². The SMILES string of the molecule is CCCCC(CC)CNC(=O)c1ccc(Br)c(Cl)c1. The zero-order valence-corrected chi connectivity index (χ0v) is 13.9. The lowest BCUT2D eigenvalue weighted by molar-refractivity contribution is 0.0946. The van der Waals surface area contributed by atoms with Crippen molar-refractivity contribution in [1.29, 1.82) is 0 Å². The van der Waals surface area contributed by atoms with Crippen molar-refractivity contribution in [2.24, 2.45) is 5.92 Å². The lowest BCUT2D eigenvalue weighted by Gasteiger charge is -2.15. The van der Waals surface area contributed by atoms with Gasteiger partial charge in [-0.3, -0.25) is 4.79 Å². The molecule has 1 aromatic rings. The summed E-state index contributed by atoms with van der Waals surface area (Å²) < 4.78 is 0.806. The minimum absolute atomic E-state index is 0.0515. The standard InChI is InChI=1S/C15H21BrClNO/c1-3-5-6-11(4-2)10-18-15(19)12-7-8-13(16)14(17)9-12/h7-9,11H,3-6,10H2,1-2H3,(H,18,19). The van der Waals surface area contributed by atoms with Crippen LogP contribution in [0.3, 0.4) is 0 Å². The number of carbonyl (C=O) groups is 1. The number of amides is 1. The highest BCUT2D eigenvalue weighted by atomic mass is 79.9. The first kappa shape index (κ1) is 16.5. The molecule has 1 rings (SSSR count). The quantitative estimate of drug-likeness (QED) is 0.735. The van der Waals surface area contributed by atoms with E-state index >= 15 is 0 Å². The molecule has 0 aromatic heterocycles. The van der Waals surface area contributed by atoms with E-state index in [4.69, 9.17) is 11.6 Å². The normalized spacial score (nSPS) is 12.2. The maximum Gasteiger partial charge on any atom is 0.251 e. The molecule has 1 N–H and O–H groups in total. The molecule has 0 radical (unpaired) electrons. The Hall–Kier alpha value is -0.540. The predicted molar refractivity (Wildman–Crippen MR) is 84.8 cm³/mol. The molecule has 1 unspecified atom stereocenters. The molecule has 0 aliphatic carbocycles. The Labute approximate surface area is 129 Å². The first-order chi connectivity index (χ1) is 9.08. The van der Waals surface area contributed by atoms with E-state index in [1.54, 1.807) is 18.2 Å². The smallest absolute Gasteiger partial charge is 0.251 e. The van der Waals surface area contributed by atoms with Gasteiger partial charge in [0.25, 0.3) is 5.91 Å². The van der Waals surface area contributed by atoms with E-state index in [-0.39, 0.29) is 5.91 Å². The van der Waals surface area contributed by atoms with Crippen molar-refractivity contribution < 1.29 is 4.79 Å². The average Bonchev–Trinajstić information content (AvgIpc) is 2.41. The van der Waals surface area contributed by atoms with Crippen molar-refractivity contribution in [3.05, 3.63) is 33.3 Å². The zero-order valence-electron chi connectivity index (χ0n) is 11.5. The Morgan fingerprint density at radius 1 is 1.42 bits per heavy atom. The summed E-state index contributed by atoms with van der Waals surface area (Å²) in [4.78, 5) is 12.0. The van der Waals surface area contributed by atoms with Crippen LogP contribution in [0, 0.1) is 5.92 Å². The summed E-state index contributed by atoms with van der Waals surface area (Å²) in [5.74, 6) is 0.513. The Morgan fingerprint density at radius 2 is 2.16 bits per heavy atom. The van der Waals surface area contributed by atoms with Crippen LogP contribution in [0.4, 0.5) is 0 Å². The molecule has 0 fully saturated rings. The summed E-state index contributed by atoms with van der Waals surface area (Å²) >= 11 is 9.31. The third-order valence-corrected chi connectivity index (χ3v) is 4.51. The van der Waals surface area contributed by atoms with Gasteiger partial charge in [0.2, 0.25) is 0 Å². The number of hydrogen-bond donors (Lipinski definition) is 1. The van der Waals surface area contributed by atoms with Gasteiger partial charge in [-0.05, 0) is 46.5 Å². The Morgan fingerprint density at radius 3 is 2.74 bits per heavy atom. The number of hydrogen-bond acceptors (Lipinski definition) is 1. The molecule has 0 spiro atoms. The monoisotopic (exact) mass is 345 g/mol. The van der Waals surface area contributed by atoms with Gasteiger partial charge in [0.1, 0.15) is 0 Å². The van der Waals surface area contributed by atoms with E-state index in [1.807, 2.05) is 0 Å². The Bertz CT molecular complexity index is 423. The van der Waals surface area contributed by atoms with Crippen LogP contribution in [-0.4, -0.2) is 12.5 Å². The highest BCUT2D eigenvalue weighted by Crippen LogP contribution is 2.23. The Balaban J connectivity index is 2.52. The molecule has 0 heterocycles. The highest BCUT2D eigenvalue weighted by Gasteiger charge is 2.11. The third kappa shape index (κ3) is 5.53. The van der Waals surface area contributed by atoms with E-state index in [2.05, 4.69) is 35.1 Å². The van der Waals surface area contributed by atoms with E-state index in [1.165, 1.54) is 19.3 Å². The van der Waals surface area contributed by atoms with Gasteiger partial charge in [-0.2, -0.15) is 0 Å². The molecule has 4 heteroatoms. The molecule has 0 aliphatic heterocycles. The van der Waals surface area contributed by atoms with Gasteiger partial charge in [0, 0.05) is 16.6 Å². The topological polar surface area (TPSA) is 29.1 Å². The molecule has 0 saturated carbocycles. The molecule has 0 saturated heterocycles. The first-order valence-electron chi connectivity index (χ1n) is 6.81. The molecule has 1 atom stereocenters. The molecule has 106 valence electrons. The van der Waals surface area contributed by atoms with Gasteiger partial charge in [0.05, 0.1) is 5.02 Å². The summed E-state index contributed by atoms with van der Waals surface area (Å²) in [6, 6.07) is 5.26. The minimum atomic E-state index is -0.0515. The van der Waals surface area contributed by atoms with Crippen LogP contribution in [0.1, 0.15) is 49.9 Å². The minimum Gasteiger partial charge on any atom is -0.352 e. The molecule has 0 aliphatic rings. The second-order valence-corrected chi connectivity index (χ2v) is 6.02. The number of rotatable bonds is 7. The highest BCUT2D eigenvalue weighted by molar-refractivity contribution is 9.10. The second kappa shape index (κ2) is 8.60. The lowest BCUT2D eigenvalue weighted by Crippen LogP contribution is -2.29. The summed E-state index contributed by atoms with van der Waals surface area (Å²) in [5.41, 5.74) is 0.610. The van der Waals surface area contributed by atoms with Gasteiger partial charge in [0.15, 0.2) is 0 Å². The number of nitrogens with one attached hydrogen (secondary N) is 1. The molecule has 0 bridgehead atoms. The molecule has 1 amide bonds. The number of unbranched alkanes of at least 4 members (excludes halogenated alkanes) is 1. The number of carbonyl (C=O) groups excluding carboxylic acids is 1. The average molecular weight is 347 g/mol. The lowest BCUT2D eigenvalue weighted by atomic mass is 9.99. The van der Waals surface area contributed by atoms with Crippen molar-refractivity contribution in [3.8, 4) is 0 Å². The fourth-order valence-corrected chi connectivity index (χ4v) is 2.35. The van der Waals surface area contributed by atoms with Crippen LogP contribution in [0.15, 0.2) is 22.7 Å². The van der Waals surface area contributed by atoms with Gasteiger partial charge in [-0.15, -0.1) is 0 Å². The van der Waals surface area contributed by atoms with E-state index in [0.717, 1.165) is 17.4 Å². The van der Waals surface area contributed by atoms with Gasteiger partial charge in [-0.1, -0.05) is 44.7 Å². The summed E-state index contributed by atoms with van der Waals surface area (Å²) in [7, 11) is 0.